The molecule has 6 heteroatoms. The van der Waals surface area contributed by atoms with Gasteiger partial charge in [0, 0.05) is 41.2 Å². The Morgan fingerprint density at radius 1 is 1.09 bits per heavy atom. The number of aromatic amines is 1. The van der Waals surface area contributed by atoms with E-state index in [1.165, 1.54) is 44.8 Å². The molecule has 0 saturated carbocycles. The van der Waals surface area contributed by atoms with Gasteiger partial charge in [0.15, 0.2) is 0 Å². The number of hydrogen-bond donors (Lipinski definition) is 3. The smallest absolute Gasteiger partial charge is 0.123 e. The number of aliphatic hydroxyl groups excluding tert-OH is 1. The molecule has 0 fully saturated rings. The molecule has 2 aromatic heterocycles. The fraction of sp³-hybridized carbons (Fsp3) is 0.462. The average Bonchev–Trinajstić information content (AvgIpc) is 3.42. The van der Waals surface area contributed by atoms with E-state index in [4.69, 9.17) is 14.5 Å². The summed E-state index contributed by atoms with van der Waals surface area (Å²) in [6, 6.07) is 10.4. The largest absolute Gasteiger partial charge is 0.497 e. The highest BCUT2D eigenvalue weighted by molar-refractivity contribution is 5.94. The maximum absolute atomic E-state index is 10.3. The molecule has 2 heterocycles. The van der Waals surface area contributed by atoms with Gasteiger partial charge in [-0.05, 0) is 103 Å². The van der Waals surface area contributed by atoms with E-state index in [1.807, 2.05) is 25.2 Å². The second-order valence-electron chi connectivity index (χ2n) is 12.9. The molecular weight excluding hydrogens is 558 g/mol. The van der Waals surface area contributed by atoms with Gasteiger partial charge >= 0.3 is 0 Å². The molecular formula is C39H51N3O3. The van der Waals surface area contributed by atoms with Crippen molar-refractivity contribution in [3.8, 4) is 22.8 Å². The van der Waals surface area contributed by atoms with E-state index in [0.29, 0.717) is 35.8 Å². The molecule has 3 aromatic rings. The van der Waals surface area contributed by atoms with Crippen molar-refractivity contribution in [2.45, 2.75) is 78.7 Å². The van der Waals surface area contributed by atoms with Gasteiger partial charge in [0.1, 0.15) is 24.2 Å². The first-order valence-corrected chi connectivity index (χ1v) is 16.7. The predicted octanol–water partition coefficient (Wildman–Crippen LogP) is 6.84. The molecule has 3 N–H and O–H groups in total. The number of aliphatic hydroxyl groups is 1. The maximum atomic E-state index is 10.3. The molecule has 2 aliphatic rings. The molecule has 0 aliphatic heterocycles. The fourth-order valence-electron chi connectivity index (χ4n) is 7.02. The lowest BCUT2D eigenvalue weighted by molar-refractivity contribution is 0.108. The van der Waals surface area contributed by atoms with Crippen LogP contribution >= 0.6 is 0 Å². The van der Waals surface area contributed by atoms with Crippen molar-refractivity contribution in [1.82, 2.24) is 15.3 Å². The van der Waals surface area contributed by atoms with Crippen LogP contribution in [0.5, 0.6) is 11.5 Å². The van der Waals surface area contributed by atoms with Crippen LogP contribution in [0.2, 0.25) is 0 Å². The summed E-state index contributed by atoms with van der Waals surface area (Å²) in [4.78, 5) is 8.99. The van der Waals surface area contributed by atoms with Crippen LogP contribution in [0.3, 0.4) is 0 Å². The molecule has 0 amide bonds. The van der Waals surface area contributed by atoms with Crippen LogP contribution in [0.4, 0.5) is 0 Å². The Kier molecular flexibility index (Phi) is 10.7. The van der Waals surface area contributed by atoms with E-state index in [9.17, 15) is 5.11 Å². The molecule has 0 bridgehead atoms. The SMILES string of the molecule is CCC1=Cc2c(C3=CCC(CC)=c4[nH]ccc4=C3)cc(-c3cc(OC)cc(OCC(O)CNC)c3)nc2C(C)C(C(C)C)CC1. The van der Waals surface area contributed by atoms with Crippen molar-refractivity contribution in [2.75, 3.05) is 27.3 Å². The molecule has 0 spiro atoms. The fourth-order valence-corrected chi connectivity index (χ4v) is 7.02. The second-order valence-corrected chi connectivity index (χ2v) is 12.9. The Morgan fingerprint density at radius 2 is 1.89 bits per heavy atom. The van der Waals surface area contributed by atoms with Crippen molar-refractivity contribution in [3.63, 3.8) is 0 Å². The zero-order chi connectivity index (χ0) is 32.1. The molecule has 2 aliphatic carbocycles. The summed E-state index contributed by atoms with van der Waals surface area (Å²) in [7, 11) is 3.49. The number of methoxy groups -OCH3 is 1. The number of pyridine rings is 1. The van der Waals surface area contributed by atoms with E-state index >= 15 is 0 Å². The third-order valence-electron chi connectivity index (χ3n) is 9.66. The van der Waals surface area contributed by atoms with Gasteiger partial charge in [0.2, 0.25) is 0 Å². The Bertz CT molecular complexity index is 1680. The van der Waals surface area contributed by atoms with E-state index in [-0.39, 0.29) is 6.61 Å². The summed E-state index contributed by atoms with van der Waals surface area (Å²) in [6.07, 6.45) is 13.9. The number of benzene rings is 1. The van der Waals surface area contributed by atoms with Gasteiger partial charge in [0.25, 0.3) is 0 Å². The van der Waals surface area contributed by atoms with Crippen molar-refractivity contribution in [3.05, 3.63) is 75.6 Å². The first-order chi connectivity index (χ1) is 21.8. The van der Waals surface area contributed by atoms with Gasteiger partial charge in [-0.3, -0.25) is 4.98 Å². The minimum atomic E-state index is -0.611. The number of hydrogen-bond acceptors (Lipinski definition) is 5. The van der Waals surface area contributed by atoms with Crippen LogP contribution in [0.1, 0.15) is 89.5 Å². The summed E-state index contributed by atoms with van der Waals surface area (Å²) in [5.74, 6) is 2.71. The molecule has 0 saturated heterocycles. The zero-order valence-corrected chi connectivity index (χ0v) is 28.2. The Hall–Kier alpha value is -3.61. The summed E-state index contributed by atoms with van der Waals surface area (Å²) >= 11 is 0. The van der Waals surface area contributed by atoms with E-state index in [2.05, 4.69) is 81.5 Å². The lowest BCUT2D eigenvalue weighted by atomic mass is 9.74. The van der Waals surface area contributed by atoms with E-state index in [1.54, 1.807) is 7.11 Å². The number of H-pyrrole nitrogens is 1. The number of ether oxygens (including phenoxy) is 2. The minimum absolute atomic E-state index is 0.186. The molecule has 6 nitrogen and oxygen atoms in total. The minimum Gasteiger partial charge on any atom is -0.497 e. The van der Waals surface area contributed by atoms with Crippen molar-refractivity contribution in [2.24, 2.45) is 11.8 Å². The molecule has 0 radical (unpaired) electrons. The van der Waals surface area contributed by atoms with Crippen molar-refractivity contribution in [1.29, 1.82) is 0 Å². The van der Waals surface area contributed by atoms with Crippen LogP contribution in [0.15, 0.2) is 48.2 Å². The highest BCUT2D eigenvalue weighted by Crippen LogP contribution is 2.43. The van der Waals surface area contributed by atoms with Gasteiger partial charge in [-0.15, -0.1) is 0 Å². The summed E-state index contributed by atoms with van der Waals surface area (Å²) < 4.78 is 11.8. The Morgan fingerprint density at radius 3 is 2.60 bits per heavy atom. The number of nitrogens with one attached hydrogen (secondary N) is 2. The molecule has 45 heavy (non-hydrogen) atoms. The van der Waals surface area contributed by atoms with Crippen molar-refractivity contribution >= 4 is 23.3 Å². The van der Waals surface area contributed by atoms with Crippen LogP contribution in [-0.2, 0) is 0 Å². The molecule has 1 aromatic carbocycles. The second kappa shape index (κ2) is 14.7. The highest BCUT2D eigenvalue weighted by Gasteiger charge is 2.29. The van der Waals surface area contributed by atoms with E-state index in [0.717, 1.165) is 42.6 Å². The zero-order valence-electron chi connectivity index (χ0n) is 28.2. The van der Waals surface area contributed by atoms with Gasteiger partial charge in [0.05, 0.1) is 18.5 Å². The summed E-state index contributed by atoms with van der Waals surface area (Å²) in [6.45, 7) is 12.2. The van der Waals surface area contributed by atoms with Crippen LogP contribution in [-0.4, -0.2) is 48.5 Å². The molecule has 3 unspecified atom stereocenters. The quantitative estimate of drug-likeness (QED) is 0.222. The maximum Gasteiger partial charge on any atom is 0.123 e. The summed E-state index contributed by atoms with van der Waals surface area (Å²) in [5, 5.41) is 15.8. The van der Waals surface area contributed by atoms with Gasteiger partial charge in [-0.2, -0.15) is 0 Å². The standard InChI is InChI=1S/C39H51N3O3/c1-8-26-10-13-34(24(3)4)25(5)38-36(16-26)35(28-12-11-27(9-2)39-29(17-28)14-15-41-39)21-37(42-38)30-18-32(44-7)20-33(19-30)45-23-31(43)22-40-6/h12,14-21,24-25,31,34,40-41,43H,8-11,13,22-23H2,1-7H3. The normalized spacial score (nSPS) is 18.9. The van der Waals surface area contributed by atoms with Gasteiger partial charge in [-0.1, -0.05) is 52.3 Å². The molecule has 240 valence electrons. The number of nitrogens with zero attached hydrogens (tertiary/aromatic N) is 1. The van der Waals surface area contributed by atoms with Crippen LogP contribution in [0.25, 0.3) is 34.6 Å². The topological polar surface area (TPSA) is 79.4 Å². The highest BCUT2D eigenvalue weighted by atomic mass is 16.5. The van der Waals surface area contributed by atoms with E-state index < -0.39 is 6.10 Å². The number of rotatable bonds is 11. The number of fused-ring (bicyclic) bond motifs is 2. The third kappa shape index (κ3) is 7.29. The monoisotopic (exact) mass is 609 g/mol. The first-order valence-electron chi connectivity index (χ1n) is 16.7. The van der Waals surface area contributed by atoms with Gasteiger partial charge < -0.3 is 24.9 Å². The molecule has 5 rings (SSSR count). The summed E-state index contributed by atoms with van der Waals surface area (Å²) in [5.41, 5.74) is 9.61. The average molecular weight is 610 g/mol. The van der Waals surface area contributed by atoms with Crippen LogP contribution < -0.4 is 25.4 Å². The van der Waals surface area contributed by atoms with Crippen molar-refractivity contribution < 1.29 is 14.6 Å². The Labute approximate surface area is 269 Å². The lowest BCUT2D eigenvalue weighted by Crippen LogP contribution is -2.29. The lowest BCUT2D eigenvalue weighted by Gasteiger charge is -2.32. The van der Waals surface area contributed by atoms with Gasteiger partial charge in [-0.25, -0.2) is 0 Å². The number of allylic oxidation sites excluding steroid dienone is 3. The van der Waals surface area contributed by atoms with Crippen LogP contribution in [0, 0.1) is 11.8 Å². The molecule has 3 atom stereocenters. The number of aromatic nitrogens is 2. The Balaban J connectivity index is 1.74. The predicted molar refractivity (Wildman–Crippen MR) is 187 cm³/mol. The third-order valence-corrected chi connectivity index (χ3v) is 9.66. The first kappa shape index (κ1) is 32.8. The number of likely N-dealkylation sites (N-methyl/N-ethyl adjacent to an activating group) is 1.